The van der Waals surface area contributed by atoms with Crippen molar-refractivity contribution in [2.45, 2.75) is 101 Å². The average Bonchev–Trinajstić information content (AvgIpc) is 3.98. The van der Waals surface area contributed by atoms with E-state index in [1.165, 1.54) is 30.6 Å². The van der Waals surface area contributed by atoms with Crippen molar-refractivity contribution in [3.05, 3.63) is 208 Å². The molecule has 5 heteroatoms. The highest BCUT2D eigenvalue weighted by molar-refractivity contribution is 6.09. The molecule has 9 aromatic rings. The van der Waals surface area contributed by atoms with Crippen LogP contribution in [0.3, 0.4) is 0 Å². The number of pyridine rings is 3. The quantitative estimate of drug-likeness (QED) is 0.109. The summed E-state index contributed by atoms with van der Waals surface area (Å²) >= 11 is 0. The summed E-state index contributed by atoms with van der Waals surface area (Å²) in [6.07, 6.45) is -11.5. The van der Waals surface area contributed by atoms with Gasteiger partial charge in [-0.3, -0.25) is 15.0 Å². The van der Waals surface area contributed by atoms with E-state index < -0.39 is 84.6 Å². The molecule has 2 aliphatic rings. The molecule has 0 spiro atoms. The van der Waals surface area contributed by atoms with Gasteiger partial charge in [-0.1, -0.05) is 123 Å². The number of hydrogen-bond donors (Lipinski definition) is 0. The Labute approximate surface area is 410 Å². The van der Waals surface area contributed by atoms with E-state index in [2.05, 4.69) is 15.0 Å². The molecular weight excluding hydrogens is 810 g/mol. The maximum Gasteiger partial charge on any atom is 0.144 e. The predicted molar refractivity (Wildman–Crippen MR) is 267 cm³/mol. The zero-order valence-corrected chi connectivity index (χ0v) is 36.1. The van der Waals surface area contributed by atoms with Gasteiger partial charge in [-0.25, -0.2) is 4.39 Å². The minimum Gasteiger partial charge on any atom is -0.455 e. The topological polar surface area (TPSA) is 51.8 Å². The fourth-order valence-electron chi connectivity index (χ4n) is 9.11. The monoisotopic (exact) mass is 882 g/mol. The molecule has 0 radical (unpaired) electrons. The van der Waals surface area contributed by atoms with Crippen molar-refractivity contribution in [1.29, 1.82) is 0 Å². The normalized spacial score (nSPS) is 20.3. The molecular formula is C61H56FN3O. The van der Waals surface area contributed by atoms with Crippen LogP contribution < -0.4 is 0 Å². The summed E-state index contributed by atoms with van der Waals surface area (Å²) < 4.78 is 174. The molecule has 11 rings (SSSR count). The second kappa shape index (κ2) is 19.0. The van der Waals surface area contributed by atoms with Gasteiger partial charge in [0.25, 0.3) is 0 Å². The Balaban J connectivity index is 1.06. The lowest BCUT2D eigenvalue weighted by molar-refractivity contribution is 0.618. The van der Waals surface area contributed by atoms with E-state index in [0.717, 1.165) is 24.4 Å². The van der Waals surface area contributed by atoms with E-state index in [1.54, 1.807) is 30.3 Å². The number of benzene rings is 5. The van der Waals surface area contributed by atoms with Crippen molar-refractivity contribution in [3.63, 3.8) is 0 Å². The van der Waals surface area contributed by atoms with E-state index >= 15 is 0 Å². The molecule has 5 aromatic carbocycles. The van der Waals surface area contributed by atoms with Crippen LogP contribution in [0.5, 0.6) is 0 Å². The number of aryl methyl sites for hydroxylation is 6. The molecule has 0 atom stereocenters. The first-order valence-corrected chi connectivity index (χ1v) is 22.5. The summed E-state index contributed by atoms with van der Waals surface area (Å²) in [5.74, 6) is -3.76. The average molecular weight is 882 g/mol. The van der Waals surface area contributed by atoms with Gasteiger partial charge >= 0.3 is 0 Å². The van der Waals surface area contributed by atoms with Crippen molar-refractivity contribution in [2.24, 2.45) is 0 Å². The van der Waals surface area contributed by atoms with Crippen molar-refractivity contribution < 1.29 is 30.7 Å². The fourth-order valence-corrected chi connectivity index (χ4v) is 9.11. The molecule has 328 valence electrons. The number of rotatable bonds is 14. The third-order valence-electron chi connectivity index (χ3n) is 12.5. The fraction of sp³-hybridized carbons (Fsp3) is 0.262. The minimum absolute atomic E-state index is 0.0898. The van der Waals surface area contributed by atoms with Gasteiger partial charge in [0, 0.05) is 71.3 Å². The molecule has 0 N–H and O–H groups in total. The molecule has 4 aromatic heterocycles. The zero-order chi connectivity index (χ0) is 58.6. The van der Waals surface area contributed by atoms with Gasteiger partial charge < -0.3 is 4.42 Å². The van der Waals surface area contributed by atoms with E-state index in [4.69, 9.17) is 7.16 Å². The Morgan fingerprint density at radius 3 is 1.61 bits per heavy atom. The predicted octanol–water partition coefficient (Wildman–Crippen LogP) is 15.6. The van der Waals surface area contributed by atoms with E-state index in [9.17, 15) is 23.6 Å². The minimum atomic E-state index is -3.25. The Bertz CT molecular complexity index is 3770. The van der Waals surface area contributed by atoms with Crippen LogP contribution in [-0.4, -0.2) is 15.0 Å². The van der Waals surface area contributed by atoms with Gasteiger partial charge in [0.05, 0.1) is 19.8 Å². The largest absolute Gasteiger partial charge is 0.455 e. The van der Waals surface area contributed by atoms with Crippen LogP contribution in [-0.2, 0) is 38.2 Å². The number of halogens is 1. The first-order chi connectivity index (χ1) is 38.6. The Morgan fingerprint density at radius 1 is 0.530 bits per heavy atom. The Hall–Kier alpha value is -6.72. The van der Waals surface area contributed by atoms with Crippen molar-refractivity contribution in [2.75, 3.05) is 0 Å². The summed E-state index contributed by atoms with van der Waals surface area (Å²) in [5.41, 5.74) is 0.484. The maximum atomic E-state index is 14.7. The second-order valence-corrected chi connectivity index (χ2v) is 16.8. The maximum absolute atomic E-state index is 14.7. The SMILES string of the molecule is [2H]c1cc2c(oc3c(-c4ccc(C([2H])([2H])C([2H])([2H])c5cc(C([2H])([2H])C([2H])([2H])c6cnc(-c7ccccc7)cc6C6([2H])CCCC6)cc(C([2H])([2H])C([2H])([2H])c6cnc(-c7ccccc7)cc6C6([2H])CCCC6)c5)cn4)cccc32)c([2H])c1F. The van der Waals surface area contributed by atoms with Crippen LogP contribution >= 0.6 is 0 Å². The molecule has 0 saturated heterocycles. The van der Waals surface area contributed by atoms with Crippen molar-refractivity contribution in [3.8, 4) is 33.8 Å². The highest BCUT2D eigenvalue weighted by Crippen LogP contribution is 2.40. The molecule has 66 heavy (non-hydrogen) atoms. The molecule has 4 heterocycles. The molecule has 0 unspecified atom stereocenters. The summed E-state index contributed by atoms with van der Waals surface area (Å²) in [6.45, 7) is 0. The van der Waals surface area contributed by atoms with Gasteiger partial charge in [0.2, 0.25) is 0 Å². The number of hydrogen-bond acceptors (Lipinski definition) is 4. The van der Waals surface area contributed by atoms with Crippen LogP contribution in [0, 0.1) is 5.82 Å². The highest BCUT2D eigenvalue weighted by Gasteiger charge is 2.23. The van der Waals surface area contributed by atoms with Crippen LogP contribution in [0.2, 0.25) is 0 Å². The molecule has 0 amide bonds. The second-order valence-electron chi connectivity index (χ2n) is 16.8. The van der Waals surface area contributed by atoms with Crippen molar-refractivity contribution >= 4 is 21.9 Å². The number of nitrogens with zero attached hydrogens (tertiary/aromatic N) is 3. The van der Waals surface area contributed by atoms with E-state index in [0.29, 0.717) is 90.2 Å². The third kappa shape index (κ3) is 9.09. The van der Waals surface area contributed by atoms with Gasteiger partial charge in [0.1, 0.15) is 17.0 Å². The Morgan fingerprint density at radius 2 is 1.06 bits per heavy atom. The van der Waals surface area contributed by atoms with Crippen LogP contribution in [0.25, 0.3) is 55.7 Å². The lowest BCUT2D eigenvalue weighted by Crippen LogP contribution is -2.05. The summed E-state index contributed by atoms with van der Waals surface area (Å²) in [5, 5.41) is 0.783. The van der Waals surface area contributed by atoms with Crippen LogP contribution in [0.1, 0.15) is 130 Å². The van der Waals surface area contributed by atoms with Gasteiger partial charge in [-0.05, 0) is 157 Å². The van der Waals surface area contributed by atoms with E-state index in [1.807, 2.05) is 60.7 Å². The first kappa shape index (κ1) is 27.7. The van der Waals surface area contributed by atoms with Gasteiger partial charge in [-0.2, -0.15) is 0 Å². The first-order valence-electron chi connectivity index (χ1n) is 30.5. The molecule has 0 aliphatic heterocycles. The molecule has 2 aliphatic carbocycles. The summed E-state index contributed by atoms with van der Waals surface area (Å²) in [6, 6.07) is 32.0. The Kier molecular flexibility index (Phi) is 7.98. The molecule has 2 fully saturated rings. The zero-order valence-electron chi connectivity index (χ0n) is 52.1. The standard InChI is InChI=1S/C61H56FN3O/c62-51-29-30-52-53-20-11-21-54(61(53)66-60(52)35-51)57-31-26-41(38-63-57)22-23-42-32-43(24-27-49-39-64-58(47-16-3-1-4-17-47)36-55(49)45-12-7-8-13-45)34-44(33-42)25-28-50-40-65-59(48-18-5-2-6-19-48)37-56(50)46-14-9-10-15-46/h1-6,11,16-21,26,29-40,45-46H,7-10,12-15,22-25,27-28H2/i22D2,23D2,24D2,25D2,27D2,28D2,29D,35D,45D,46D. The van der Waals surface area contributed by atoms with Gasteiger partial charge in [0.15, 0.2) is 0 Å². The van der Waals surface area contributed by atoms with Gasteiger partial charge in [-0.15, -0.1) is 0 Å². The molecule has 0 bridgehead atoms. The smallest absolute Gasteiger partial charge is 0.144 e. The summed E-state index contributed by atoms with van der Waals surface area (Å²) in [4.78, 5) is 13.7. The number of fused-ring (bicyclic) bond motifs is 3. The summed E-state index contributed by atoms with van der Waals surface area (Å²) in [7, 11) is 0. The number of aromatic nitrogens is 3. The number of furan rings is 1. The lowest BCUT2D eigenvalue weighted by Gasteiger charge is -2.18. The van der Waals surface area contributed by atoms with Crippen molar-refractivity contribution in [1.82, 2.24) is 15.0 Å². The molecule has 2 saturated carbocycles. The van der Waals surface area contributed by atoms with Crippen LogP contribution in [0.15, 0.2) is 162 Å². The third-order valence-corrected chi connectivity index (χ3v) is 12.5. The molecule has 4 nitrogen and oxygen atoms in total. The van der Waals surface area contributed by atoms with Crippen LogP contribution in [0.4, 0.5) is 4.39 Å². The highest BCUT2D eigenvalue weighted by atomic mass is 19.1. The van der Waals surface area contributed by atoms with E-state index in [-0.39, 0.29) is 44.7 Å². The number of para-hydroxylation sites is 1. The lowest BCUT2D eigenvalue weighted by atomic mass is 9.88.